The predicted molar refractivity (Wildman–Crippen MR) is 64.7 cm³/mol. The summed E-state index contributed by atoms with van der Waals surface area (Å²) in [5, 5.41) is 0. The zero-order chi connectivity index (χ0) is 12.5. The van der Waals surface area contributed by atoms with Gasteiger partial charge in [-0.1, -0.05) is 38.1 Å². The maximum Gasteiger partial charge on any atom is 0.338 e. The molecule has 1 aromatic carbocycles. The second kappa shape index (κ2) is 4.49. The van der Waals surface area contributed by atoms with Gasteiger partial charge in [-0.05, 0) is 24.0 Å². The third-order valence-electron chi connectivity index (χ3n) is 3.49. The molecule has 0 N–H and O–H groups in total. The van der Waals surface area contributed by atoms with Crippen molar-refractivity contribution in [2.24, 2.45) is 0 Å². The van der Waals surface area contributed by atoms with Gasteiger partial charge in [0, 0.05) is 0 Å². The Bertz CT molecular complexity index is 410. The van der Waals surface area contributed by atoms with E-state index < -0.39 is 11.7 Å². The van der Waals surface area contributed by atoms with E-state index in [1.54, 1.807) is 0 Å². The minimum Gasteiger partial charge on any atom is -0.467 e. The van der Waals surface area contributed by atoms with Gasteiger partial charge in [0.15, 0.2) is 6.10 Å². The number of methoxy groups -OCH3 is 1. The summed E-state index contributed by atoms with van der Waals surface area (Å²) in [5.74, 6) is -0.286. The number of hydrogen-bond donors (Lipinski definition) is 0. The molecule has 2 unspecified atom stereocenters. The SMILES string of the molecule is CCc1ccc(C2(CC)OC2C(=O)OC)cc1. The molecule has 0 saturated carbocycles. The number of ether oxygens (including phenoxy) is 2. The fourth-order valence-electron chi connectivity index (χ4n) is 2.24. The summed E-state index contributed by atoms with van der Waals surface area (Å²) in [6.07, 6.45) is 1.35. The first-order chi connectivity index (χ1) is 8.17. The van der Waals surface area contributed by atoms with E-state index in [9.17, 15) is 4.79 Å². The Kier molecular flexibility index (Phi) is 3.20. The van der Waals surface area contributed by atoms with Gasteiger partial charge >= 0.3 is 5.97 Å². The highest BCUT2D eigenvalue weighted by molar-refractivity contribution is 5.79. The molecular weight excluding hydrogens is 216 g/mol. The Balaban J connectivity index is 2.22. The summed E-state index contributed by atoms with van der Waals surface area (Å²) in [6, 6.07) is 8.27. The monoisotopic (exact) mass is 234 g/mol. The molecule has 3 nitrogen and oxygen atoms in total. The molecule has 1 heterocycles. The number of carbonyl (C=O) groups is 1. The van der Waals surface area contributed by atoms with Crippen LogP contribution in [0.3, 0.4) is 0 Å². The van der Waals surface area contributed by atoms with Crippen LogP contribution in [-0.4, -0.2) is 19.2 Å². The minimum atomic E-state index is -0.459. The van der Waals surface area contributed by atoms with Gasteiger partial charge in [-0.2, -0.15) is 0 Å². The molecule has 2 atom stereocenters. The third-order valence-corrected chi connectivity index (χ3v) is 3.49. The van der Waals surface area contributed by atoms with Gasteiger partial charge in [0.2, 0.25) is 0 Å². The highest BCUT2D eigenvalue weighted by Crippen LogP contribution is 2.49. The highest BCUT2D eigenvalue weighted by atomic mass is 16.7. The van der Waals surface area contributed by atoms with Gasteiger partial charge in [-0.3, -0.25) is 0 Å². The summed E-state index contributed by atoms with van der Waals surface area (Å²) in [4.78, 5) is 11.5. The second-order valence-electron chi connectivity index (χ2n) is 4.31. The van der Waals surface area contributed by atoms with Crippen molar-refractivity contribution in [1.29, 1.82) is 0 Å². The molecule has 1 aromatic rings. The molecule has 3 heteroatoms. The Morgan fingerprint density at radius 2 is 2.00 bits per heavy atom. The van der Waals surface area contributed by atoms with Crippen LogP contribution in [0.5, 0.6) is 0 Å². The van der Waals surface area contributed by atoms with E-state index in [1.165, 1.54) is 12.7 Å². The molecule has 1 aliphatic heterocycles. The first-order valence-corrected chi connectivity index (χ1v) is 6.03. The largest absolute Gasteiger partial charge is 0.467 e. The first kappa shape index (κ1) is 12.1. The summed E-state index contributed by atoms with van der Waals surface area (Å²) < 4.78 is 10.3. The molecule has 17 heavy (non-hydrogen) atoms. The summed E-state index contributed by atoms with van der Waals surface area (Å²) in [5.41, 5.74) is 1.89. The number of esters is 1. The van der Waals surface area contributed by atoms with E-state index in [2.05, 4.69) is 19.1 Å². The van der Waals surface area contributed by atoms with Crippen molar-refractivity contribution < 1.29 is 14.3 Å². The van der Waals surface area contributed by atoms with E-state index in [0.29, 0.717) is 0 Å². The smallest absolute Gasteiger partial charge is 0.338 e. The van der Waals surface area contributed by atoms with Crippen LogP contribution in [0, 0.1) is 0 Å². The average Bonchev–Trinajstić information content (AvgIpc) is 3.14. The number of carbonyl (C=O) groups excluding carboxylic acids is 1. The quantitative estimate of drug-likeness (QED) is 0.593. The van der Waals surface area contributed by atoms with Crippen molar-refractivity contribution in [3.8, 4) is 0 Å². The van der Waals surface area contributed by atoms with E-state index in [0.717, 1.165) is 18.4 Å². The van der Waals surface area contributed by atoms with Crippen LogP contribution in [-0.2, 0) is 26.3 Å². The molecule has 0 bridgehead atoms. The molecule has 0 spiro atoms. The average molecular weight is 234 g/mol. The van der Waals surface area contributed by atoms with Gasteiger partial charge < -0.3 is 9.47 Å². The van der Waals surface area contributed by atoms with Crippen molar-refractivity contribution >= 4 is 5.97 Å². The van der Waals surface area contributed by atoms with Crippen molar-refractivity contribution in [2.75, 3.05) is 7.11 Å². The lowest BCUT2D eigenvalue weighted by molar-refractivity contribution is -0.142. The van der Waals surface area contributed by atoms with Crippen LogP contribution in [0.15, 0.2) is 24.3 Å². The summed E-state index contributed by atoms with van der Waals surface area (Å²) in [6.45, 7) is 4.14. The normalized spacial score (nSPS) is 26.6. The summed E-state index contributed by atoms with van der Waals surface area (Å²) in [7, 11) is 1.39. The zero-order valence-corrected chi connectivity index (χ0v) is 10.5. The maximum atomic E-state index is 11.5. The molecule has 1 fully saturated rings. The van der Waals surface area contributed by atoms with Crippen LogP contribution in [0.1, 0.15) is 31.4 Å². The second-order valence-corrected chi connectivity index (χ2v) is 4.31. The molecule has 0 amide bonds. The van der Waals surface area contributed by atoms with Crippen LogP contribution in [0.2, 0.25) is 0 Å². The van der Waals surface area contributed by atoms with Crippen molar-refractivity contribution in [1.82, 2.24) is 0 Å². The molecular formula is C14H18O3. The van der Waals surface area contributed by atoms with Crippen LogP contribution < -0.4 is 0 Å². The Morgan fingerprint density at radius 3 is 2.47 bits per heavy atom. The number of rotatable bonds is 4. The van der Waals surface area contributed by atoms with E-state index in [1.807, 2.05) is 19.1 Å². The van der Waals surface area contributed by atoms with E-state index >= 15 is 0 Å². The van der Waals surface area contributed by atoms with Crippen LogP contribution in [0.4, 0.5) is 0 Å². The van der Waals surface area contributed by atoms with Crippen LogP contribution in [0.25, 0.3) is 0 Å². The minimum absolute atomic E-state index is 0.286. The number of aryl methyl sites for hydroxylation is 1. The highest BCUT2D eigenvalue weighted by Gasteiger charge is 2.61. The fourth-order valence-corrected chi connectivity index (χ4v) is 2.24. The molecule has 2 rings (SSSR count). The van der Waals surface area contributed by atoms with Gasteiger partial charge in [0.1, 0.15) is 5.60 Å². The Morgan fingerprint density at radius 1 is 1.35 bits per heavy atom. The topological polar surface area (TPSA) is 38.8 Å². The van der Waals surface area contributed by atoms with Gasteiger partial charge in [0.25, 0.3) is 0 Å². The number of hydrogen-bond acceptors (Lipinski definition) is 3. The fraction of sp³-hybridized carbons (Fsp3) is 0.500. The predicted octanol–water partition coefficient (Wildman–Crippen LogP) is 2.43. The third kappa shape index (κ3) is 1.95. The lowest BCUT2D eigenvalue weighted by Crippen LogP contribution is -2.19. The van der Waals surface area contributed by atoms with Gasteiger partial charge in [-0.15, -0.1) is 0 Å². The lowest BCUT2D eigenvalue weighted by atomic mass is 9.92. The van der Waals surface area contributed by atoms with Gasteiger partial charge in [0.05, 0.1) is 7.11 Å². The molecule has 1 saturated heterocycles. The van der Waals surface area contributed by atoms with E-state index in [-0.39, 0.29) is 5.97 Å². The van der Waals surface area contributed by atoms with Crippen molar-refractivity contribution in [3.63, 3.8) is 0 Å². The van der Waals surface area contributed by atoms with Crippen molar-refractivity contribution in [3.05, 3.63) is 35.4 Å². The standard InChI is InChI=1S/C14H18O3/c1-4-10-6-8-11(9-7-10)14(5-2)12(17-14)13(15)16-3/h6-9,12H,4-5H2,1-3H3. The van der Waals surface area contributed by atoms with Gasteiger partial charge in [-0.25, -0.2) is 4.79 Å². The van der Waals surface area contributed by atoms with Crippen LogP contribution >= 0.6 is 0 Å². The Labute approximate surface area is 102 Å². The molecule has 92 valence electrons. The molecule has 1 aliphatic rings. The molecule has 0 aliphatic carbocycles. The lowest BCUT2D eigenvalue weighted by Gasteiger charge is -2.10. The number of benzene rings is 1. The molecule has 0 aromatic heterocycles. The maximum absolute atomic E-state index is 11.5. The summed E-state index contributed by atoms with van der Waals surface area (Å²) >= 11 is 0. The zero-order valence-electron chi connectivity index (χ0n) is 10.5. The Hall–Kier alpha value is -1.35. The van der Waals surface area contributed by atoms with Crippen molar-refractivity contribution in [2.45, 2.75) is 38.4 Å². The number of epoxide rings is 1. The molecule has 0 radical (unpaired) electrons. The first-order valence-electron chi connectivity index (χ1n) is 6.03. The van der Waals surface area contributed by atoms with E-state index in [4.69, 9.17) is 9.47 Å².